The predicted octanol–water partition coefficient (Wildman–Crippen LogP) is -4.87. The third kappa shape index (κ3) is 16.2. The molecular formula is C22H46N4O10S2. The predicted molar refractivity (Wildman–Crippen MR) is 147 cm³/mol. The zero-order valence-corrected chi connectivity index (χ0v) is 23.0. The number of aliphatic hydroxyl groups is 10. The Kier molecular flexibility index (Phi) is 21.2. The zero-order chi connectivity index (χ0) is 29.1. The molecule has 8 atom stereocenters. The van der Waals surface area contributed by atoms with Gasteiger partial charge in [-0.15, -0.1) is 0 Å². The Morgan fingerprint density at radius 3 is 1.05 bits per heavy atom. The highest BCUT2D eigenvalue weighted by molar-refractivity contribution is 7.80. The SMILES string of the molecule is OC[C@@H](O)[C@@H](O)[C@H](O)[C@@H](O)CNC(=S)NCCCCCCCCNC(=S)NC[C@H](O)[C@@H](O)[C@H](O)[C@H](O)CO. The number of unbranched alkanes of at least 4 members (excludes halogenated alkanes) is 5. The van der Waals surface area contributed by atoms with Gasteiger partial charge in [0, 0.05) is 26.2 Å². The van der Waals surface area contributed by atoms with Gasteiger partial charge in [0.15, 0.2) is 10.2 Å². The van der Waals surface area contributed by atoms with Crippen LogP contribution < -0.4 is 21.3 Å². The Labute approximate surface area is 233 Å². The zero-order valence-electron chi connectivity index (χ0n) is 21.4. The summed E-state index contributed by atoms with van der Waals surface area (Å²) in [6.07, 6.45) is -6.81. The Hall–Kier alpha value is -1.02. The van der Waals surface area contributed by atoms with Crippen molar-refractivity contribution in [2.75, 3.05) is 39.4 Å². The standard InChI is InChI=1S/C22H46N4O10S2/c27-11-15(31)19(35)17(33)13(29)9-25-21(37)23-7-5-3-1-2-4-6-8-24-22(38)26-10-14(30)18(34)20(36)16(32)12-28/h13-20,27-36H,1-12H2,(H2,23,25,37)(H2,24,26,38)/t13-,14-,15+,16+,17+,18+,19+,20+/m0/s1. The molecular weight excluding hydrogens is 544 g/mol. The van der Waals surface area contributed by atoms with Crippen LogP contribution in [-0.2, 0) is 0 Å². The Bertz CT molecular complexity index is 591. The summed E-state index contributed by atoms with van der Waals surface area (Å²) in [5, 5.41) is 106. The molecule has 0 heterocycles. The molecule has 14 N–H and O–H groups in total. The van der Waals surface area contributed by atoms with E-state index in [1.165, 1.54) is 0 Å². The minimum Gasteiger partial charge on any atom is -0.394 e. The van der Waals surface area contributed by atoms with Crippen molar-refractivity contribution < 1.29 is 51.1 Å². The molecule has 0 unspecified atom stereocenters. The summed E-state index contributed by atoms with van der Waals surface area (Å²) in [6, 6.07) is 0. The minimum atomic E-state index is -1.68. The van der Waals surface area contributed by atoms with Crippen molar-refractivity contribution in [2.24, 2.45) is 0 Å². The van der Waals surface area contributed by atoms with Crippen molar-refractivity contribution in [1.29, 1.82) is 0 Å². The van der Waals surface area contributed by atoms with Crippen LogP contribution in [0.2, 0.25) is 0 Å². The second-order valence-electron chi connectivity index (χ2n) is 8.99. The Balaban J connectivity index is 3.73. The summed E-state index contributed by atoms with van der Waals surface area (Å²) in [4.78, 5) is 0. The molecule has 0 rings (SSSR count). The Morgan fingerprint density at radius 1 is 0.447 bits per heavy atom. The van der Waals surface area contributed by atoms with E-state index in [1.807, 2.05) is 0 Å². The first kappa shape index (κ1) is 37.0. The lowest BCUT2D eigenvalue weighted by Gasteiger charge is -2.26. The topological polar surface area (TPSA) is 250 Å². The van der Waals surface area contributed by atoms with Gasteiger partial charge < -0.3 is 72.3 Å². The lowest BCUT2D eigenvalue weighted by Crippen LogP contribution is -2.50. The first-order chi connectivity index (χ1) is 18.0. The Morgan fingerprint density at radius 2 is 0.737 bits per heavy atom. The van der Waals surface area contributed by atoms with Gasteiger partial charge in [0.1, 0.15) is 36.6 Å². The van der Waals surface area contributed by atoms with E-state index in [-0.39, 0.29) is 23.3 Å². The molecule has 0 aromatic carbocycles. The molecule has 0 amide bonds. The average molecular weight is 591 g/mol. The van der Waals surface area contributed by atoms with E-state index in [0.717, 1.165) is 38.5 Å². The largest absolute Gasteiger partial charge is 0.394 e. The molecule has 0 bridgehead atoms. The summed E-state index contributed by atoms with van der Waals surface area (Å²) in [7, 11) is 0. The molecule has 0 saturated heterocycles. The van der Waals surface area contributed by atoms with Crippen LogP contribution in [0, 0.1) is 0 Å². The second kappa shape index (κ2) is 21.8. The smallest absolute Gasteiger partial charge is 0.166 e. The number of aliphatic hydroxyl groups excluding tert-OH is 10. The van der Waals surface area contributed by atoms with Crippen LogP contribution in [0.15, 0.2) is 0 Å². The minimum absolute atomic E-state index is 0.143. The lowest BCUT2D eigenvalue weighted by molar-refractivity contribution is -0.113. The maximum atomic E-state index is 9.84. The molecule has 0 radical (unpaired) electrons. The third-order valence-electron chi connectivity index (χ3n) is 5.77. The van der Waals surface area contributed by atoms with Gasteiger partial charge >= 0.3 is 0 Å². The van der Waals surface area contributed by atoms with Crippen molar-refractivity contribution in [3.8, 4) is 0 Å². The van der Waals surface area contributed by atoms with Crippen molar-refractivity contribution in [3.63, 3.8) is 0 Å². The van der Waals surface area contributed by atoms with Crippen molar-refractivity contribution in [2.45, 2.75) is 87.4 Å². The van der Waals surface area contributed by atoms with Gasteiger partial charge in [-0.2, -0.15) is 0 Å². The quantitative estimate of drug-likeness (QED) is 0.0442. The number of rotatable bonds is 21. The summed E-state index contributed by atoms with van der Waals surface area (Å²) >= 11 is 10.2. The van der Waals surface area contributed by atoms with Crippen LogP contribution in [0.5, 0.6) is 0 Å². The van der Waals surface area contributed by atoms with Crippen LogP contribution in [0.4, 0.5) is 0 Å². The van der Waals surface area contributed by atoms with Gasteiger partial charge in [-0.3, -0.25) is 0 Å². The van der Waals surface area contributed by atoms with E-state index in [0.29, 0.717) is 13.1 Å². The first-order valence-electron chi connectivity index (χ1n) is 12.7. The van der Waals surface area contributed by atoms with Crippen LogP contribution in [0.25, 0.3) is 0 Å². The molecule has 0 fully saturated rings. The van der Waals surface area contributed by atoms with Crippen molar-refractivity contribution in [1.82, 2.24) is 21.3 Å². The molecule has 226 valence electrons. The van der Waals surface area contributed by atoms with E-state index in [4.69, 9.17) is 34.6 Å². The maximum absolute atomic E-state index is 9.84. The molecule has 38 heavy (non-hydrogen) atoms. The highest BCUT2D eigenvalue weighted by atomic mass is 32.1. The summed E-state index contributed by atoms with van der Waals surface area (Å²) < 4.78 is 0. The van der Waals surface area contributed by atoms with E-state index in [1.54, 1.807) is 0 Å². The molecule has 0 aromatic heterocycles. The molecule has 16 heteroatoms. The third-order valence-corrected chi connectivity index (χ3v) is 6.35. The van der Waals surface area contributed by atoms with Gasteiger partial charge in [-0.25, -0.2) is 0 Å². The molecule has 0 aromatic rings. The molecule has 0 aliphatic rings. The molecule has 0 spiro atoms. The van der Waals surface area contributed by atoms with Crippen LogP contribution in [0.1, 0.15) is 38.5 Å². The van der Waals surface area contributed by atoms with Crippen molar-refractivity contribution in [3.05, 3.63) is 0 Å². The maximum Gasteiger partial charge on any atom is 0.166 e. The van der Waals surface area contributed by atoms with Gasteiger partial charge in [0.2, 0.25) is 0 Å². The monoisotopic (exact) mass is 590 g/mol. The fourth-order valence-corrected chi connectivity index (χ4v) is 3.62. The van der Waals surface area contributed by atoms with E-state index < -0.39 is 62.0 Å². The fourth-order valence-electron chi connectivity index (χ4n) is 3.25. The first-order valence-corrected chi connectivity index (χ1v) is 13.5. The van der Waals surface area contributed by atoms with Crippen LogP contribution >= 0.6 is 24.4 Å². The number of hydrogen-bond acceptors (Lipinski definition) is 12. The number of thiocarbonyl (C=S) groups is 2. The second-order valence-corrected chi connectivity index (χ2v) is 9.81. The lowest BCUT2D eigenvalue weighted by atomic mass is 10.0. The number of hydrogen-bond donors (Lipinski definition) is 14. The van der Waals surface area contributed by atoms with Gasteiger partial charge in [0.05, 0.1) is 25.4 Å². The van der Waals surface area contributed by atoms with Gasteiger partial charge in [-0.1, -0.05) is 25.7 Å². The summed E-state index contributed by atoms with van der Waals surface area (Å²) in [5.74, 6) is 0. The molecule has 14 nitrogen and oxygen atoms in total. The molecule has 0 aliphatic carbocycles. The average Bonchev–Trinajstić information content (AvgIpc) is 2.92. The van der Waals surface area contributed by atoms with E-state index >= 15 is 0 Å². The molecule has 0 saturated carbocycles. The highest BCUT2D eigenvalue weighted by Gasteiger charge is 2.30. The van der Waals surface area contributed by atoms with Crippen molar-refractivity contribution >= 4 is 34.7 Å². The summed E-state index contributed by atoms with van der Waals surface area (Å²) in [6.45, 7) is -0.533. The fraction of sp³-hybridized carbons (Fsp3) is 0.909. The molecule has 0 aliphatic heterocycles. The highest BCUT2D eigenvalue weighted by Crippen LogP contribution is 2.06. The van der Waals surface area contributed by atoms with Crippen LogP contribution in [0.3, 0.4) is 0 Å². The van der Waals surface area contributed by atoms with Gasteiger partial charge in [-0.05, 0) is 37.3 Å². The van der Waals surface area contributed by atoms with Crippen LogP contribution in [-0.4, -0.2) is 150 Å². The van der Waals surface area contributed by atoms with Gasteiger partial charge in [0.25, 0.3) is 0 Å². The van der Waals surface area contributed by atoms with E-state index in [9.17, 15) is 40.9 Å². The summed E-state index contributed by atoms with van der Waals surface area (Å²) in [5.41, 5.74) is 0. The normalized spacial score (nSPS) is 17.8. The number of nitrogens with one attached hydrogen (secondary N) is 4. The van der Waals surface area contributed by atoms with E-state index in [2.05, 4.69) is 21.3 Å².